The summed E-state index contributed by atoms with van der Waals surface area (Å²) in [4.78, 5) is 10.4. The van der Waals surface area contributed by atoms with E-state index in [0.29, 0.717) is 0 Å². The van der Waals surface area contributed by atoms with E-state index < -0.39 is 12.0 Å². The fraction of sp³-hybridized carbons (Fsp3) is 0.375. The van der Waals surface area contributed by atoms with E-state index >= 15 is 0 Å². The molecule has 1 aliphatic rings. The smallest absolute Gasteiger partial charge is 0.321 e. The molecule has 0 aliphatic heterocycles. The van der Waals surface area contributed by atoms with Gasteiger partial charge in [0.1, 0.15) is 6.04 Å². The Balaban J connectivity index is 2.55. The van der Waals surface area contributed by atoms with Crippen molar-refractivity contribution in [3.63, 3.8) is 0 Å². The molecular weight excluding hydrogens is 142 g/mol. The van der Waals surface area contributed by atoms with E-state index in [1.165, 1.54) is 0 Å². The Labute approximate surface area is 65.2 Å². The Morgan fingerprint density at radius 2 is 2.36 bits per heavy atom. The van der Waals surface area contributed by atoms with Gasteiger partial charge in [0, 0.05) is 5.92 Å². The summed E-state index contributed by atoms with van der Waals surface area (Å²) in [6.45, 7) is 0. The van der Waals surface area contributed by atoms with Crippen LogP contribution in [-0.4, -0.2) is 17.1 Å². The number of aliphatic carboxylic acids is 1. The van der Waals surface area contributed by atoms with E-state index in [2.05, 4.69) is 0 Å². The number of hydrogen-bond donors (Lipinski definition) is 2. The van der Waals surface area contributed by atoms with Crippen LogP contribution in [0.25, 0.3) is 0 Å². The van der Waals surface area contributed by atoms with Gasteiger partial charge in [0.2, 0.25) is 0 Å². The van der Waals surface area contributed by atoms with Crippen LogP contribution in [0.4, 0.5) is 0 Å². The van der Waals surface area contributed by atoms with Gasteiger partial charge in [0.25, 0.3) is 0 Å². The number of carboxylic acid groups (broad SMARTS) is 1. The molecule has 3 nitrogen and oxygen atoms in total. The summed E-state index contributed by atoms with van der Waals surface area (Å²) in [7, 11) is 0. The van der Waals surface area contributed by atoms with Crippen LogP contribution in [0.2, 0.25) is 0 Å². The Kier molecular flexibility index (Phi) is 2.44. The first-order chi connectivity index (χ1) is 5.22. The van der Waals surface area contributed by atoms with Crippen molar-refractivity contribution in [2.24, 2.45) is 11.7 Å². The average molecular weight is 153 g/mol. The molecule has 1 rings (SSSR count). The number of carboxylic acids is 1. The molecule has 0 fully saturated rings. The third-order valence-electron chi connectivity index (χ3n) is 1.76. The number of hydrogen-bond acceptors (Lipinski definition) is 2. The van der Waals surface area contributed by atoms with Gasteiger partial charge < -0.3 is 10.8 Å². The maximum absolute atomic E-state index is 10.4. The van der Waals surface area contributed by atoms with Crippen LogP contribution in [0.3, 0.4) is 0 Å². The quantitative estimate of drug-likeness (QED) is 0.608. The van der Waals surface area contributed by atoms with Crippen LogP contribution >= 0.6 is 0 Å². The van der Waals surface area contributed by atoms with Crippen molar-refractivity contribution in [3.8, 4) is 0 Å². The summed E-state index contributed by atoms with van der Waals surface area (Å²) < 4.78 is 0. The predicted molar refractivity (Wildman–Crippen MR) is 42.0 cm³/mol. The van der Waals surface area contributed by atoms with Gasteiger partial charge in [0.15, 0.2) is 0 Å². The minimum absolute atomic E-state index is 0.0440. The zero-order valence-corrected chi connectivity index (χ0v) is 6.10. The first-order valence-electron chi connectivity index (χ1n) is 3.53. The van der Waals surface area contributed by atoms with E-state index in [1.807, 2.05) is 24.3 Å². The van der Waals surface area contributed by atoms with Crippen molar-refractivity contribution in [1.82, 2.24) is 0 Å². The molecule has 1 aliphatic carbocycles. The summed E-state index contributed by atoms with van der Waals surface area (Å²) in [6.07, 6.45) is 8.21. The van der Waals surface area contributed by atoms with Crippen LogP contribution in [0.5, 0.6) is 0 Å². The van der Waals surface area contributed by atoms with E-state index in [1.54, 1.807) is 0 Å². The van der Waals surface area contributed by atoms with Crippen LogP contribution in [0.15, 0.2) is 24.3 Å². The van der Waals surface area contributed by atoms with Gasteiger partial charge in [-0.3, -0.25) is 4.79 Å². The monoisotopic (exact) mass is 153 g/mol. The fourth-order valence-electron chi connectivity index (χ4n) is 1.05. The van der Waals surface area contributed by atoms with Crippen molar-refractivity contribution < 1.29 is 9.90 Å². The molecule has 0 saturated heterocycles. The molecule has 60 valence electrons. The van der Waals surface area contributed by atoms with Gasteiger partial charge >= 0.3 is 5.97 Å². The number of rotatable bonds is 2. The SMILES string of the molecule is NC(C(=O)O)C1C=CC=CC1. The Bertz CT molecular complexity index is 208. The van der Waals surface area contributed by atoms with Crippen molar-refractivity contribution in [3.05, 3.63) is 24.3 Å². The molecule has 3 N–H and O–H groups in total. The molecule has 0 heterocycles. The first-order valence-corrected chi connectivity index (χ1v) is 3.53. The van der Waals surface area contributed by atoms with Crippen molar-refractivity contribution in [1.29, 1.82) is 0 Å². The second kappa shape index (κ2) is 3.34. The highest BCUT2D eigenvalue weighted by molar-refractivity contribution is 5.74. The molecular formula is C8H11NO2. The molecule has 0 aromatic rings. The van der Waals surface area contributed by atoms with E-state index in [-0.39, 0.29) is 5.92 Å². The molecule has 0 aromatic heterocycles. The zero-order valence-electron chi connectivity index (χ0n) is 6.10. The van der Waals surface area contributed by atoms with Crippen molar-refractivity contribution in [2.75, 3.05) is 0 Å². The lowest BCUT2D eigenvalue weighted by molar-refractivity contribution is -0.139. The van der Waals surface area contributed by atoms with Gasteiger partial charge in [0.05, 0.1) is 0 Å². The maximum Gasteiger partial charge on any atom is 0.321 e. The fourth-order valence-corrected chi connectivity index (χ4v) is 1.05. The molecule has 11 heavy (non-hydrogen) atoms. The molecule has 0 aromatic carbocycles. The largest absolute Gasteiger partial charge is 0.480 e. The average Bonchev–Trinajstić information content (AvgIpc) is 2.05. The Morgan fingerprint density at radius 1 is 1.64 bits per heavy atom. The second-order valence-electron chi connectivity index (χ2n) is 2.58. The Morgan fingerprint density at radius 3 is 2.82 bits per heavy atom. The molecule has 2 unspecified atom stereocenters. The first kappa shape index (κ1) is 8.01. The summed E-state index contributed by atoms with van der Waals surface area (Å²) in [5.74, 6) is -0.979. The molecule has 0 bridgehead atoms. The number of carbonyl (C=O) groups is 1. The van der Waals surface area contributed by atoms with Gasteiger partial charge in [-0.1, -0.05) is 24.3 Å². The van der Waals surface area contributed by atoms with E-state index in [0.717, 1.165) is 6.42 Å². The minimum Gasteiger partial charge on any atom is -0.480 e. The zero-order chi connectivity index (χ0) is 8.27. The van der Waals surface area contributed by atoms with Crippen LogP contribution in [0.1, 0.15) is 6.42 Å². The predicted octanol–water partition coefficient (Wildman–Crippen LogP) is 0.531. The highest BCUT2D eigenvalue weighted by Crippen LogP contribution is 2.14. The Hall–Kier alpha value is -1.09. The van der Waals surface area contributed by atoms with E-state index in [9.17, 15) is 4.79 Å². The molecule has 2 atom stereocenters. The highest BCUT2D eigenvalue weighted by Gasteiger charge is 2.21. The third kappa shape index (κ3) is 1.91. The third-order valence-corrected chi connectivity index (χ3v) is 1.76. The van der Waals surface area contributed by atoms with Crippen LogP contribution in [-0.2, 0) is 4.79 Å². The second-order valence-corrected chi connectivity index (χ2v) is 2.58. The van der Waals surface area contributed by atoms with Crippen molar-refractivity contribution >= 4 is 5.97 Å². The molecule has 0 saturated carbocycles. The molecule has 0 radical (unpaired) electrons. The van der Waals surface area contributed by atoms with Crippen molar-refractivity contribution in [2.45, 2.75) is 12.5 Å². The number of allylic oxidation sites excluding steroid dienone is 3. The standard InChI is InChI=1S/C8H11NO2/c9-7(8(10)11)6-4-2-1-3-5-6/h1-4,6-7H,5,9H2,(H,10,11). The minimum atomic E-state index is -0.935. The highest BCUT2D eigenvalue weighted by atomic mass is 16.4. The van der Waals surface area contributed by atoms with Gasteiger partial charge in [-0.25, -0.2) is 0 Å². The van der Waals surface area contributed by atoms with Crippen LogP contribution in [0, 0.1) is 5.92 Å². The van der Waals surface area contributed by atoms with E-state index in [4.69, 9.17) is 10.8 Å². The maximum atomic E-state index is 10.4. The van der Waals surface area contributed by atoms with Gasteiger partial charge in [-0.05, 0) is 6.42 Å². The molecule has 0 spiro atoms. The van der Waals surface area contributed by atoms with Gasteiger partial charge in [-0.15, -0.1) is 0 Å². The number of nitrogens with two attached hydrogens (primary N) is 1. The van der Waals surface area contributed by atoms with Crippen LogP contribution < -0.4 is 5.73 Å². The summed E-state index contributed by atoms with van der Waals surface area (Å²) in [6, 6.07) is -0.767. The lowest BCUT2D eigenvalue weighted by Gasteiger charge is -2.16. The lowest BCUT2D eigenvalue weighted by atomic mass is 9.93. The topological polar surface area (TPSA) is 63.3 Å². The van der Waals surface area contributed by atoms with Gasteiger partial charge in [-0.2, -0.15) is 0 Å². The molecule has 0 amide bonds. The molecule has 3 heteroatoms. The lowest BCUT2D eigenvalue weighted by Crippen LogP contribution is -2.37. The summed E-state index contributed by atoms with van der Waals surface area (Å²) in [5.41, 5.74) is 5.41. The normalized spacial score (nSPS) is 25.0. The summed E-state index contributed by atoms with van der Waals surface area (Å²) in [5, 5.41) is 8.55. The summed E-state index contributed by atoms with van der Waals surface area (Å²) >= 11 is 0.